The standard InChI is InChI=1S/2C7H4ClF4N/c8-6-4(13)2-1-3(9)5(6)7(10,11)12;8-3-1-2-4(13)6(9)5(3)7(10,11)12/h2*1-2H,13H2. The maximum absolute atomic E-state index is 12.8. The highest BCUT2D eigenvalue weighted by Gasteiger charge is 2.38. The van der Waals surface area contributed by atoms with Gasteiger partial charge in [-0.15, -0.1) is 0 Å². The van der Waals surface area contributed by atoms with Gasteiger partial charge in [-0.05, 0) is 24.3 Å². The van der Waals surface area contributed by atoms with Crippen LogP contribution in [-0.4, -0.2) is 0 Å². The molecule has 0 spiro atoms. The van der Waals surface area contributed by atoms with Crippen molar-refractivity contribution in [1.82, 2.24) is 0 Å². The first-order chi connectivity index (χ1) is 11.7. The van der Waals surface area contributed by atoms with Crippen LogP contribution >= 0.6 is 23.2 Å². The summed E-state index contributed by atoms with van der Waals surface area (Å²) in [6.07, 6.45) is -9.65. The van der Waals surface area contributed by atoms with Crippen LogP contribution in [0.1, 0.15) is 11.1 Å². The molecule has 0 aliphatic heterocycles. The van der Waals surface area contributed by atoms with Crippen LogP contribution in [-0.2, 0) is 12.4 Å². The molecule has 0 heterocycles. The summed E-state index contributed by atoms with van der Waals surface area (Å²) in [5.41, 5.74) is 6.13. The van der Waals surface area contributed by atoms with Gasteiger partial charge in [-0.2, -0.15) is 26.3 Å². The Bertz CT molecular complexity index is 735. The van der Waals surface area contributed by atoms with Crippen molar-refractivity contribution in [3.8, 4) is 0 Å². The van der Waals surface area contributed by atoms with E-state index in [0.29, 0.717) is 6.07 Å². The van der Waals surface area contributed by atoms with E-state index in [1.165, 1.54) is 0 Å². The summed E-state index contributed by atoms with van der Waals surface area (Å²) in [6.45, 7) is 0. The van der Waals surface area contributed by atoms with Gasteiger partial charge in [-0.25, -0.2) is 8.78 Å². The average molecular weight is 427 g/mol. The third kappa shape index (κ3) is 5.04. The first kappa shape index (κ1) is 22.1. The number of rotatable bonds is 0. The van der Waals surface area contributed by atoms with Gasteiger partial charge in [0.15, 0.2) is 5.82 Å². The summed E-state index contributed by atoms with van der Waals surface area (Å²) in [4.78, 5) is 0. The summed E-state index contributed by atoms with van der Waals surface area (Å²) in [6, 6.07) is 3.49. The molecule has 0 aliphatic carbocycles. The van der Waals surface area contributed by atoms with Crippen LogP contribution < -0.4 is 11.5 Å². The average Bonchev–Trinajstić information content (AvgIpc) is 2.45. The molecule has 0 bridgehead atoms. The molecule has 0 atom stereocenters. The van der Waals surface area contributed by atoms with E-state index >= 15 is 0 Å². The second-order valence-electron chi connectivity index (χ2n) is 4.65. The van der Waals surface area contributed by atoms with Crippen LogP contribution in [0.2, 0.25) is 10.0 Å². The van der Waals surface area contributed by atoms with Crippen LogP contribution in [0.25, 0.3) is 0 Å². The van der Waals surface area contributed by atoms with Crippen LogP contribution in [0.5, 0.6) is 0 Å². The highest BCUT2D eigenvalue weighted by atomic mass is 35.5. The Balaban J connectivity index is 0.000000260. The van der Waals surface area contributed by atoms with Gasteiger partial charge in [-0.3, -0.25) is 0 Å². The van der Waals surface area contributed by atoms with Gasteiger partial charge in [0.05, 0.1) is 21.4 Å². The molecule has 0 amide bonds. The van der Waals surface area contributed by atoms with E-state index in [2.05, 4.69) is 0 Å². The fraction of sp³-hybridized carbons (Fsp3) is 0.143. The fourth-order valence-electron chi connectivity index (χ4n) is 1.66. The van der Waals surface area contributed by atoms with E-state index in [4.69, 9.17) is 34.7 Å². The van der Waals surface area contributed by atoms with Crippen LogP contribution in [0.3, 0.4) is 0 Å². The smallest absolute Gasteiger partial charge is 0.398 e. The second-order valence-corrected chi connectivity index (χ2v) is 5.43. The van der Waals surface area contributed by atoms with Crippen LogP contribution in [0.4, 0.5) is 46.5 Å². The Morgan fingerprint density at radius 3 is 1.54 bits per heavy atom. The highest BCUT2D eigenvalue weighted by Crippen LogP contribution is 2.39. The number of hydrogen-bond acceptors (Lipinski definition) is 2. The summed E-state index contributed by atoms with van der Waals surface area (Å²) < 4.78 is 98.2. The molecule has 4 N–H and O–H groups in total. The molecule has 12 heteroatoms. The molecule has 144 valence electrons. The zero-order valence-electron chi connectivity index (χ0n) is 12.2. The number of halogens is 10. The van der Waals surface area contributed by atoms with Gasteiger partial charge >= 0.3 is 12.4 Å². The normalized spacial score (nSPS) is 11.8. The Kier molecular flexibility index (Phi) is 6.59. The van der Waals surface area contributed by atoms with Crippen LogP contribution in [0.15, 0.2) is 24.3 Å². The maximum atomic E-state index is 12.8. The summed E-state index contributed by atoms with van der Waals surface area (Å²) in [5.74, 6) is -2.95. The maximum Gasteiger partial charge on any atom is 0.420 e. The first-order valence-corrected chi connectivity index (χ1v) is 7.04. The zero-order valence-corrected chi connectivity index (χ0v) is 13.8. The minimum atomic E-state index is -4.82. The molecule has 0 aliphatic rings. The van der Waals surface area contributed by atoms with E-state index in [1.807, 2.05) is 0 Å². The number of nitrogens with two attached hydrogens (primary N) is 2. The SMILES string of the molecule is Nc1ccc(Cl)c(C(F)(F)F)c1F.Nc1ccc(F)c(C(F)(F)F)c1Cl. The van der Waals surface area contributed by atoms with Gasteiger partial charge in [0, 0.05) is 0 Å². The summed E-state index contributed by atoms with van der Waals surface area (Å²) >= 11 is 10.4. The van der Waals surface area contributed by atoms with Crippen molar-refractivity contribution in [2.75, 3.05) is 11.5 Å². The number of alkyl halides is 6. The second kappa shape index (κ2) is 7.75. The van der Waals surface area contributed by atoms with E-state index in [-0.39, 0.29) is 5.69 Å². The third-order valence-corrected chi connectivity index (χ3v) is 3.53. The van der Waals surface area contributed by atoms with Gasteiger partial charge in [0.1, 0.15) is 16.9 Å². The molecule has 0 aromatic heterocycles. The van der Waals surface area contributed by atoms with Crippen molar-refractivity contribution >= 4 is 34.6 Å². The van der Waals surface area contributed by atoms with Crippen LogP contribution in [0, 0.1) is 11.6 Å². The van der Waals surface area contributed by atoms with Gasteiger partial charge in [-0.1, -0.05) is 23.2 Å². The molecule has 0 fully saturated rings. The van der Waals surface area contributed by atoms with Crippen molar-refractivity contribution in [3.63, 3.8) is 0 Å². The Hall–Kier alpha value is -1.94. The molecular formula is C14H8Cl2F8N2. The molecule has 0 unspecified atom stereocenters. The molecular weight excluding hydrogens is 419 g/mol. The van der Waals surface area contributed by atoms with Crippen molar-refractivity contribution in [2.45, 2.75) is 12.4 Å². The van der Waals surface area contributed by atoms with E-state index in [1.54, 1.807) is 0 Å². The fourth-order valence-corrected chi connectivity index (χ4v) is 2.17. The Labute approximate surface area is 151 Å². The monoisotopic (exact) mass is 426 g/mol. The number of anilines is 2. The Morgan fingerprint density at radius 2 is 1.15 bits per heavy atom. The van der Waals surface area contributed by atoms with E-state index < -0.39 is 50.8 Å². The largest absolute Gasteiger partial charge is 0.420 e. The molecule has 0 saturated carbocycles. The quantitative estimate of drug-likeness (QED) is 0.391. The van der Waals surface area contributed by atoms with Gasteiger partial charge in [0.25, 0.3) is 0 Å². The van der Waals surface area contributed by atoms with Crippen molar-refractivity contribution in [2.24, 2.45) is 0 Å². The minimum absolute atomic E-state index is 0.296. The molecule has 2 aromatic carbocycles. The lowest BCUT2D eigenvalue weighted by Crippen LogP contribution is -2.10. The van der Waals surface area contributed by atoms with Crippen molar-refractivity contribution in [1.29, 1.82) is 0 Å². The summed E-state index contributed by atoms with van der Waals surface area (Å²) in [7, 11) is 0. The third-order valence-electron chi connectivity index (χ3n) is 2.81. The predicted octanol–water partition coefficient (Wildman–Crippen LogP) is 6.16. The topological polar surface area (TPSA) is 52.0 Å². The summed E-state index contributed by atoms with van der Waals surface area (Å²) in [5, 5.41) is -1.49. The lowest BCUT2D eigenvalue weighted by atomic mass is 10.2. The van der Waals surface area contributed by atoms with E-state index in [9.17, 15) is 35.1 Å². The molecule has 2 nitrogen and oxygen atoms in total. The van der Waals surface area contributed by atoms with E-state index in [0.717, 1.165) is 18.2 Å². The molecule has 0 saturated heterocycles. The van der Waals surface area contributed by atoms with Crippen molar-refractivity contribution < 1.29 is 35.1 Å². The lowest BCUT2D eigenvalue weighted by Gasteiger charge is -2.10. The first-order valence-electron chi connectivity index (χ1n) is 6.29. The molecule has 2 aromatic rings. The molecule has 2 rings (SSSR count). The number of benzene rings is 2. The lowest BCUT2D eigenvalue weighted by molar-refractivity contribution is -0.140. The van der Waals surface area contributed by atoms with Gasteiger partial charge in [0.2, 0.25) is 0 Å². The molecule has 0 radical (unpaired) electrons. The van der Waals surface area contributed by atoms with Gasteiger partial charge < -0.3 is 11.5 Å². The zero-order chi connectivity index (χ0) is 20.4. The predicted molar refractivity (Wildman–Crippen MR) is 81.6 cm³/mol. The Morgan fingerprint density at radius 1 is 0.692 bits per heavy atom. The minimum Gasteiger partial charge on any atom is -0.398 e. The number of hydrogen-bond donors (Lipinski definition) is 2. The van der Waals surface area contributed by atoms with Crippen molar-refractivity contribution in [3.05, 3.63) is 57.1 Å². The molecule has 26 heavy (non-hydrogen) atoms. The highest BCUT2D eigenvalue weighted by molar-refractivity contribution is 6.34. The number of nitrogen functional groups attached to an aromatic ring is 2.